The number of carbonyl (C=O) groups excluding carboxylic acids is 1. The number of nitrogens with zero attached hydrogens (tertiary/aromatic N) is 1. The summed E-state index contributed by atoms with van der Waals surface area (Å²) >= 11 is 0. The molecule has 0 unspecified atom stereocenters. The lowest BCUT2D eigenvalue weighted by Gasteiger charge is -2.25. The van der Waals surface area contributed by atoms with Crippen molar-refractivity contribution in [2.24, 2.45) is 0 Å². The van der Waals surface area contributed by atoms with Crippen molar-refractivity contribution in [2.45, 2.75) is 38.8 Å². The van der Waals surface area contributed by atoms with Gasteiger partial charge in [0.05, 0.1) is 0 Å². The molecule has 0 saturated heterocycles. The van der Waals surface area contributed by atoms with Gasteiger partial charge in [-0.15, -0.1) is 0 Å². The Hall–Kier alpha value is -2.03. The number of benzene rings is 1. The first kappa shape index (κ1) is 13.0. The van der Waals surface area contributed by atoms with Crippen LogP contribution in [0, 0.1) is 0 Å². The van der Waals surface area contributed by atoms with Crippen LogP contribution in [0.3, 0.4) is 0 Å². The van der Waals surface area contributed by atoms with Gasteiger partial charge in [-0.05, 0) is 44.9 Å². The molecule has 0 atom stereocenters. The van der Waals surface area contributed by atoms with Gasteiger partial charge in [-0.1, -0.05) is 18.2 Å². The zero-order valence-corrected chi connectivity index (χ0v) is 11.9. The number of furan rings is 1. The molecule has 1 fully saturated rings. The summed E-state index contributed by atoms with van der Waals surface area (Å²) in [6.45, 7) is 4.12. The molecule has 1 aromatic heterocycles. The lowest BCUT2D eigenvalue weighted by atomic mass is 10.2. The van der Waals surface area contributed by atoms with E-state index in [2.05, 4.69) is 13.8 Å². The molecule has 1 saturated carbocycles. The SMILES string of the molecule is CC(C)N(C(=O)/C=C/c1cc2ccccc2o1)C1CC1. The number of rotatable bonds is 4. The molecule has 3 nitrogen and oxygen atoms in total. The van der Waals surface area contributed by atoms with Crippen LogP contribution in [0.4, 0.5) is 0 Å². The zero-order valence-electron chi connectivity index (χ0n) is 11.9. The van der Waals surface area contributed by atoms with Crippen LogP contribution in [-0.2, 0) is 4.79 Å². The third kappa shape index (κ3) is 2.62. The minimum absolute atomic E-state index is 0.0722. The second-order valence-electron chi connectivity index (χ2n) is 5.59. The number of hydrogen-bond acceptors (Lipinski definition) is 2. The molecule has 0 aliphatic heterocycles. The predicted molar refractivity (Wildman–Crippen MR) is 80.3 cm³/mol. The topological polar surface area (TPSA) is 33.5 Å². The van der Waals surface area contributed by atoms with E-state index in [0.717, 1.165) is 29.6 Å². The molecule has 1 amide bonds. The fraction of sp³-hybridized carbons (Fsp3) is 0.353. The predicted octanol–water partition coefficient (Wildman–Crippen LogP) is 3.85. The average molecular weight is 269 g/mol. The largest absolute Gasteiger partial charge is 0.457 e. The van der Waals surface area contributed by atoms with Crippen molar-refractivity contribution in [1.29, 1.82) is 0 Å². The van der Waals surface area contributed by atoms with Gasteiger partial charge in [0.25, 0.3) is 0 Å². The maximum atomic E-state index is 12.3. The summed E-state index contributed by atoms with van der Waals surface area (Å²) in [5.41, 5.74) is 0.850. The van der Waals surface area contributed by atoms with E-state index in [1.54, 1.807) is 12.2 Å². The molecule has 104 valence electrons. The van der Waals surface area contributed by atoms with Crippen molar-refractivity contribution in [3.05, 3.63) is 42.2 Å². The van der Waals surface area contributed by atoms with E-state index in [1.807, 2.05) is 35.2 Å². The lowest BCUT2D eigenvalue weighted by Crippen LogP contribution is -2.37. The standard InChI is InChI=1S/C17H19NO2/c1-12(2)18(14-7-8-14)17(19)10-9-15-11-13-5-3-4-6-16(13)20-15/h3-6,9-12,14H,7-8H2,1-2H3/b10-9+. The Morgan fingerprint density at radius 1 is 1.35 bits per heavy atom. The molecule has 3 rings (SSSR count). The van der Waals surface area contributed by atoms with Crippen LogP contribution < -0.4 is 0 Å². The normalized spacial score (nSPS) is 15.3. The van der Waals surface area contributed by atoms with Gasteiger partial charge < -0.3 is 9.32 Å². The van der Waals surface area contributed by atoms with Crippen molar-refractivity contribution >= 4 is 23.0 Å². The second kappa shape index (κ2) is 5.16. The van der Waals surface area contributed by atoms with Crippen LogP contribution in [-0.4, -0.2) is 22.9 Å². The van der Waals surface area contributed by atoms with Crippen molar-refractivity contribution in [2.75, 3.05) is 0 Å². The third-order valence-corrected chi connectivity index (χ3v) is 3.59. The Bertz CT molecular complexity index is 615. The quantitative estimate of drug-likeness (QED) is 0.790. The van der Waals surface area contributed by atoms with E-state index >= 15 is 0 Å². The Kier molecular flexibility index (Phi) is 3.35. The Morgan fingerprint density at radius 3 is 2.75 bits per heavy atom. The molecule has 20 heavy (non-hydrogen) atoms. The van der Waals surface area contributed by atoms with Gasteiger partial charge in [-0.3, -0.25) is 4.79 Å². The first-order valence-electron chi connectivity index (χ1n) is 7.14. The van der Waals surface area contributed by atoms with Gasteiger partial charge in [-0.25, -0.2) is 0 Å². The molecule has 0 radical (unpaired) electrons. The highest BCUT2D eigenvalue weighted by molar-refractivity contribution is 5.92. The monoisotopic (exact) mass is 269 g/mol. The fourth-order valence-electron chi connectivity index (χ4n) is 2.53. The van der Waals surface area contributed by atoms with Gasteiger partial charge >= 0.3 is 0 Å². The Labute approximate surface area is 118 Å². The van der Waals surface area contributed by atoms with E-state index in [9.17, 15) is 4.79 Å². The summed E-state index contributed by atoms with van der Waals surface area (Å²) in [5.74, 6) is 0.794. The number of fused-ring (bicyclic) bond motifs is 1. The van der Waals surface area contributed by atoms with Crippen molar-refractivity contribution in [3.8, 4) is 0 Å². The first-order valence-corrected chi connectivity index (χ1v) is 7.14. The molecule has 2 aromatic rings. The highest BCUT2D eigenvalue weighted by atomic mass is 16.3. The maximum absolute atomic E-state index is 12.3. The molecule has 1 aromatic carbocycles. The van der Waals surface area contributed by atoms with E-state index in [-0.39, 0.29) is 11.9 Å². The number of carbonyl (C=O) groups is 1. The van der Waals surface area contributed by atoms with Crippen LogP contribution in [0.25, 0.3) is 17.0 Å². The molecule has 0 N–H and O–H groups in total. The minimum Gasteiger partial charge on any atom is -0.457 e. The second-order valence-corrected chi connectivity index (χ2v) is 5.59. The summed E-state index contributed by atoms with van der Waals surface area (Å²) in [7, 11) is 0. The smallest absolute Gasteiger partial charge is 0.247 e. The molecule has 1 aliphatic carbocycles. The summed E-state index contributed by atoms with van der Waals surface area (Å²) in [5, 5.41) is 1.06. The number of amides is 1. The summed E-state index contributed by atoms with van der Waals surface area (Å²) in [6.07, 6.45) is 5.64. The van der Waals surface area contributed by atoms with Crippen LogP contribution in [0.1, 0.15) is 32.4 Å². The fourth-order valence-corrected chi connectivity index (χ4v) is 2.53. The van der Waals surface area contributed by atoms with E-state index in [4.69, 9.17) is 4.42 Å². The number of hydrogen-bond donors (Lipinski definition) is 0. The molecular formula is C17H19NO2. The Balaban J connectivity index is 1.77. The van der Waals surface area contributed by atoms with Crippen molar-refractivity contribution < 1.29 is 9.21 Å². The molecule has 1 aliphatic rings. The van der Waals surface area contributed by atoms with Crippen LogP contribution in [0.5, 0.6) is 0 Å². The van der Waals surface area contributed by atoms with Gasteiger partial charge in [0.15, 0.2) is 0 Å². The summed E-state index contributed by atoms with van der Waals surface area (Å²) < 4.78 is 5.68. The van der Waals surface area contributed by atoms with Crippen molar-refractivity contribution in [3.63, 3.8) is 0 Å². The lowest BCUT2D eigenvalue weighted by molar-refractivity contribution is -0.128. The van der Waals surface area contributed by atoms with Gasteiger partial charge in [-0.2, -0.15) is 0 Å². The molecular weight excluding hydrogens is 250 g/mol. The van der Waals surface area contributed by atoms with Gasteiger partial charge in [0, 0.05) is 23.5 Å². The Morgan fingerprint density at radius 2 is 2.10 bits per heavy atom. The van der Waals surface area contributed by atoms with Crippen LogP contribution >= 0.6 is 0 Å². The van der Waals surface area contributed by atoms with Crippen LogP contribution in [0.2, 0.25) is 0 Å². The van der Waals surface area contributed by atoms with E-state index in [1.165, 1.54) is 0 Å². The first-order chi connectivity index (χ1) is 9.65. The summed E-state index contributed by atoms with van der Waals surface area (Å²) in [6, 6.07) is 10.5. The number of para-hydroxylation sites is 1. The molecule has 3 heteroatoms. The van der Waals surface area contributed by atoms with Gasteiger partial charge in [0.1, 0.15) is 11.3 Å². The average Bonchev–Trinajstić information content (AvgIpc) is 3.14. The van der Waals surface area contributed by atoms with Gasteiger partial charge in [0.2, 0.25) is 5.91 Å². The minimum atomic E-state index is 0.0722. The zero-order chi connectivity index (χ0) is 14.1. The molecule has 0 bridgehead atoms. The summed E-state index contributed by atoms with van der Waals surface area (Å²) in [4.78, 5) is 14.2. The van der Waals surface area contributed by atoms with E-state index in [0.29, 0.717) is 6.04 Å². The third-order valence-electron chi connectivity index (χ3n) is 3.59. The van der Waals surface area contributed by atoms with E-state index < -0.39 is 0 Å². The molecule has 1 heterocycles. The maximum Gasteiger partial charge on any atom is 0.247 e. The highest BCUT2D eigenvalue weighted by Crippen LogP contribution is 2.29. The molecule has 0 spiro atoms. The highest BCUT2D eigenvalue weighted by Gasteiger charge is 2.33. The van der Waals surface area contributed by atoms with Crippen LogP contribution in [0.15, 0.2) is 40.8 Å². The van der Waals surface area contributed by atoms with Crippen molar-refractivity contribution in [1.82, 2.24) is 4.90 Å².